The maximum absolute atomic E-state index is 13.1. The molecule has 1 amide bonds. The Morgan fingerprint density at radius 1 is 1.19 bits per heavy atom. The summed E-state index contributed by atoms with van der Waals surface area (Å²) in [7, 11) is 0. The Balaban J connectivity index is 1.65. The highest BCUT2D eigenvalue weighted by Crippen LogP contribution is 2.40. The predicted molar refractivity (Wildman–Crippen MR) is 111 cm³/mol. The first-order chi connectivity index (χ1) is 13.3. The molecule has 3 aromatic rings. The summed E-state index contributed by atoms with van der Waals surface area (Å²) >= 11 is 1.65. The van der Waals surface area contributed by atoms with Crippen LogP contribution in [0.2, 0.25) is 0 Å². The molecule has 0 saturated heterocycles. The molecule has 1 aliphatic carbocycles. The Hall–Kier alpha value is -2.79. The van der Waals surface area contributed by atoms with Gasteiger partial charge >= 0.3 is 0 Å². The molecule has 1 heterocycles. The molecule has 1 N–H and O–H groups in total. The number of benzene rings is 2. The number of carbonyl (C=O) groups excluding carboxylic acids is 1. The van der Waals surface area contributed by atoms with Gasteiger partial charge in [0.25, 0.3) is 5.91 Å². The van der Waals surface area contributed by atoms with Crippen molar-refractivity contribution in [1.29, 1.82) is 0 Å². The highest BCUT2D eigenvalue weighted by Gasteiger charge is 2.29. The minimum Gasteiger partial charge on any atom is -0.320 e. The lowest BCUT2D eigenvalue weighted by atomic mass is 10.2. The summed E-state index contributed by atoms with van der Waals surface area (Å²) in [5.74, 6) is 1.13. The van der Waals surface area contributed by atoms with Gasteiger partial charge in [0.2, 0.25) is 0 Å². The van der Waals surface area contributed by atoms with Crippen LogP contribution in [-0.4, -0.2) is 21.4 Å². The van der Waals surface area contributed by atoms with Crippen molar-refractivity contribution in [3.8, 4) is 5.69 Å². The van der Waals surface area contributed by atoms with E-state index in [9.17, 15) is 4.79 Å². The topological polar surface area (TPSA) is 46.9 Å². The second-order valence-electron chi connectivity index (χ2n) is 6.53. The molecular formula is C22H21N3OS. The van der Waals surface area contributed by atoms with Crippen molar-refractivity contribution < 1.29 is 4.79 Å². The molecule has 0 radical (unpaired) electrons. The smallest absolute Gasteiger partial charge is 0.274 e. The van der Waals surface area contributed by atoms with Crippen LogP contribution in [0.3, 0.4) is 0 Å². The van der Waals surface area contributed by atoms with Crippen LogP contribution >= 0.6 is 11.8 Å². The Morgan fingerprint density at radius 2 is 1.93 bits per heavy atom. The minimum absolute atomic E-state index is 0.148. The third kappa shape index (κ3) is 3.98. The molecule has 0 spiro atoms. The van der Waals surface area contributed by atoms with Crippen LogP contribution in [0.5, 0.6) is 0 Å². The second-order valence-corrected chi connectivity index (χ2v) is 7.59. The van der Waals surface area contributed by atoms with E-state index in [4.69, 9.17) is 5.10 Å². The number of carbonyl (C=O) groups is 1. The van der Waals surface area contributed by atoms with E-state index in [2.05, 4.69) is 11.9 Å². The summed E-state index contributed by atoms with van der Waals surface area (Å²) in [6.07, 6.45) is 4.15. The molecule has 0 unspecified atom stereocenters. The van der Waals surface area contributed by atoms with Crippen LogP contribution in [0.15, 0.2) is 78.2 Å². The summed E-state index contributed by atoms with van der Waals surface area (Å²) in [4.78, 5) is 14.1. The molecule has 0 atom stereocenters. The van der Waals surface area contributed by atoms with Crippen LogP contribution in [0.25, 0.3) is 5.69 Å². The lowest BCUT2D eigenvalue weighted by Gasteiger charge is -2.11. The number of aromatic nitrogens is 2. The number of rotatable bonds is 7. The van der Waals surface area contributed by atoms with Gasteiger partial charge < -0.3 is 5.32 Å². The van der Waals surface area contributed by atoms with Crippen molar-refractivity contribution >= 4 is 23.4 Å². The zero-order valence-corrected chi connectivity index (χ0v) is 15.8. The second kappa shape index (κ2) is 7.84. The number of thioether (sulfide) groups is 1. The van der Waals surface area contributed by atoms with E-state index in [-0.39, 0.29) is 5.91 Å². The minimum atomic E-state index is -0.148. The number of para-hydroxylation sites is 2. The molecule has 5 heteroatoms. The Labute approximate surface area is 163 Å². The molecule has 4 nitrogen and oxygen atoms in total. The molecule has 0 aliphatic heterocycles. The van der Waals surface area contributed by atoms with Gasteiger partial charge in [-0.25, -0.2) is 4.68 Å². The molecule has 1 aliphatic rings. The van der Waals surface area contributed by atoms with Crippen LogP contribution in [0, 0.1) is 0 Å². The van der Waals surface area contributed by atoms with E-state index in [1.807, 2.05) is 66.7 Å². The molecule has 4 rings (SSSR count). The normalized spacial score (nSPS) is 13.3. The summed E-state index contributed by atoms with van der Waals surface area (Å²) in [6, 6.07) is 19.6. The molecule has 136 valence electrons. The number of hydrogen-bond donors (Lipinski definition) is 1. The third-order valence-corrected chi connectivity index (χ3v) is 5.52. The Bertz CT molecular complexity index is 961. The standard InChI is InChI=1S/C22H21N3OS/c1-2-14-27-21-11-7-6-10-18(21)23-22(26)20-15-19(16-12-13-16)24-25(20)17-8-4-3-5-9-17/h2-11,15-16H,1,12-14H2,(H,23,26). The van der Waals surface area contributed by atoms with Gasteiger partial charge in [-0.15, -0.1) is 18.3 Å². The fraction of sp³-hybridized carbons (Fsp3) is 0.182. The fourth-order valence-electron chi connectivity index (χ4n) is 2.94. The highest BCUT2D eigenvalue weighted by molar-refractivity contribution is 7.99. The Morgan fingerprint density at radius 3 is 2.67 bits per heavy atom. The molecule has 27 heavy (non-hydrogen) atoms. The van der Waals surface area contributed by atoms with Crippen molar-refractivity contribution in [2.45, 2.75) is 23.7 Å². The van der Waals surface area contributed by atoms with E-state index >= 15 is 0 Å². The van der Waals surface area contributed by atoms with Crippen molar-refractivity contribution in [3.05, 3.63) is 84.7 Å². The van der Waals surface area contributed by atoms with Gasteiger partial charge in [-0.05, 0) is 43.2 Å². The lowest BCUT2D eigenvalue weighted by molar-refractivity contribution is 0.101. The van der Waals surface area contributed by atoms with Crippen molar-refractivity contribution in [3.63, 3.8) is 0 Å². The number of nitrogens with one attached hydrogen (secondary N) is 1. The monoisotopic (exact) mass is 375 g/mol. The van der Waals surface area contributed by atoms with E-state index in [0.717, 1.165) is 40.6 Å². The van der Waals surface area contributed by atoms with E-state index in [0.29, 0.717) is 11.6 Å². The zero-order chi connectivity index (χ0) is 18.6. The van der Waals surface area contributed by atoms with Gasteiger partial charge in [-0.2, -0.15) is 5.10 Å². The largest absolute Gasteiger partial charge is 0.320 e. The zero-order valence-electron chi connectivity index (χ0n) is 15.0. The van der Waals surface area contributed by atoms with Gasteiger partial charge in [-0.3, -0.25) is 4.79 Å². The lowest BCUT2D eigenvalue weighted by Crippen LogP contribution is -2.17. The maximum atomic E-state index is 13.1. The van der Waals surface area contributed by atoms with Crippen molar-refractivity contribution in [2.75, 3.05) is 11.1 Å². The molecule has 0 bridgehead atoms. The average molecular weight is 375 g/mol. The van der Waals surface area contributed by atoms with Crippen LogP contribution in [-0.2, 0) is 0 Å². The van der Waals surface area contributed by atoms with Gasteiger partial charge in [0.15, 0.2) is 0 Å². The quantitative estimate of drug-likeness (QED) is 0.451. The highest BCUT2D eigenvalue weighted by atomic mass is 32.2. The number of hydrogen-bond acceptors (Lipinski definition) is 3. The summed E-state index contributed by atoms with van der Waals surface area (Å²) in [5, 5.41) is 7.78. The van der Waals surface area contributed by atoms with Crippen LogP contribution in [0.4, 0.5) is 5.69 Å². The SMILES string of the molecule is C=CCSc1ccccc1NC(=O)c1cc(C2CC2)nn1-c1ccccc1. The number of amides is 1. The summed E-state index contributed by atoms with van der Waals surface area (Å²) in [5.41, 5.74) is 3.26. The van der Waals surface area contributed by atoms with Gasteiger partial charge in [0.1, 0.15) is 5.69 Å². The molecule has 1 fully saturated rings. The average Bonchev–Trinajstić information content (AvgIpc) is 3.46. The van der Waals surface area contributed by atoms with E-state index < -0.39 is 0 Å². The van der Waals surface area contributed by atoms with Crippen LogP contribution in [0.1, 0.15) is 34.9 Å². The fourth-order valence-corrected chi connectivity index (χ4v) is 3.68. The van der Waals surface area contributed by atoms with Crippen LogP contribution < -0.4 is 5.32 Å². The van der Waals surface area contributed by atoms with Crippen molar-refractivity contribution in [2.24, 2.45) is 0 Å². The molecule has 1 saturated carbocycles. The first-order valence-electron chi connectivity index (χ1n) is 9.05. The molecule has 1 aromatic heterocycles. The molecular weight excluding hydrogens is 354 g/mol. The number of nitrogens with zero attached hydrogens (tertiary/aromatic N) is 2. The van der Waals surface area contributed by atoms with Crippen molar-refractivity contribution in [1.82, 2.24) is 9.78 Å². The molecule has 2 aromatic carbocycles. The summed E-state index contributed by atoms with van der Waals surface area (Å²) < 4.78 is 1.75. The maximum Gasteiger partial charge on any atom is 0.274 e. The summed E-state index contributed by atoms with van der Waals surface area (Å²) in [6.45, 7) is 3.76. The van der Waals surface area contributed by atoms with Gasteiger partial charge in [-0.1, -0.05) is 36.4 Å². The number of anilines is 1. The predicted octanol–water partition coefficient (Wildman–Crippen LogP) is 5.28. The van der Waals surface area contributed by atoms with E-state index in [1.54, 1.807) is 16.4 Å². The van der Waals surface area contributed by atoms with E-state index in [1.165, 1.54) is 0 Å². The third-order valence-electron chi connectivity index (χ3n) is 4.45. The van der Waals surface area contributed by atoms with Gasteiger partial charge in [0.05, 0.1) is 17.1 Å². The van der Waals surface area contributed by atoms with Gasteiger partial charge in [0, 0.05) is 16.6 Å². The first-order valence-corrected chi connectivity index (χ1v) is 10.0. The Kier molecular flexibility index (Phi) is 5.12. The first kappa shape index (κ1) is 17.6.